The lowest BCUT2D eigenvalue weighted by atomic mass is 10.2. The number of anilines is 1. The van der Waals surface area contributed by atoms with Gasteiger partial charge in [0, 0.05) is 18.6 Å². The molecule has 2 aromatic carbocycles. The SMILES string of the molecule is COc1ccc(/C=N/N=C2\NC(=O)C(CC(=O)Nc3cc([N+](=O)[O-])ccc3Cl)S2)cc1. The first-order valence-electron chi connectivity index (χ1n) is 8.82. The molecule has 1 aliphatic rings. The Morgan fingerprint density at radius 2 is 2.10 bits per heavy atom. The second-order valence-corrected chi connectivity index (χ2v) is 7.79. The van der Waals surface area contributed by atoms with Crippen LogP contribution in [0.15, 0.2) is 52.7 Å². The number of hydrogen-bond donors (Lipinski definition) is 2. The maximum Gasteiger partial charge on any atom is 0.271 e. The number of methoxy groups -OCH3 is 1. The van der Waals surface area contributed by atoms with Crippen LogP contribution in [0.4, 0.5) is 11.4 Å². The van der Waals surface area contributed by atoms with Crippen LogP contribution in [-0.4, -0.2) is 40.5 Å². The van der Waals surface area contributed by atoms with Gasteiger partial charge in [0.1, 0.15) is 11.0 Å². The number of carbonyl (C=O) groups is 2. The topological polar surface area (TPSA) is 135 Å². The molecule has 31 heavy (non-hydrogen) atoms. The van der Waals surface area contributed by atoms with Crippen LogP contribution in [0.1, 0.15) is 12.0 Å². The molecular weight excluding hydrogens is 446 g/mol. The molecule has 0 bridgehead atoms. The predicted molar refractivity (Wildman–Crippen MR) is 119 cm³/mol. The number of nitrogens with one attached hydrogen (secondary N) is 2. The summed E-state index contributed by atoms with van der Waals surface area (Å²) >= 11 is 7.04. The molecule has 10 nitrogen and oxygen atoms in total. The average molecular weight is 462 g/mol. The molecule has 1 heterocycles. The Kier molecular flexibility index (Phi) is 7.21. The minimum Gasteiger partial charge on any atom is -0.497 e. The molecule has 0 aromatic heterocycles. The number of rotatable bonds is 7. The highest BCUT2D eigenvalue weighted by atomic mass is 35.5. The van der Waals surface area contributed by atoms with Gasteiger partial charge in [0.05, 0.1) is 29.0 Å². The molecule has 12 heteroatoms. The molecule has 2 amide bonds. The van der Waals surface area contributed by atoms with Crippen molar-refractivity contribution in [1.29, 1.82) is 0 Å². The van der Waals surface area contributed by atoms with Crippen LogP contribution in [0.25, 0.3) is 0 Å². The minimum atomic E-state index is -0.715. The van der Waals surface area contributed by atoms with Gasteiger partial charge in [-0.2, -0.15) is 5.10 Å². The normalized spacial score (nSPS) is 17.0. The summed E-state index contributed by atoms with van der Waals surface area (Å²) in [7, 11) is 1.57. The Morgan fingerprint density at radius 3 is 2.77 bits per heavy atom. The van der Waals surface area contributed by atoms with E-state index in [0.29, 0.717) is 0 Å². The van der Waals surface area contributed by atoms with Crippen LogP contribution in [-0.2, 0) is 9.59 Å². The summed E-state index contributed by atoms with van der Waals surface area (Å²) in [6.45, 7) is 0. The number of non-ortho nitro benzene ring substituents is 1. The number of benzene rings is 2. The second-order valence-electron chi connectivity index (χ2n) is 6.19. The Morgan fingerprint density at radius 1 is 1.35 bits per heavy atom. The summed E-state index contributed by atoms with van der Waals surface area (Å²) in [4.78, 5) is 34.7. The molecule has 0 aliphatic carbocycles. The summed E-state index contributed by atoms with van der Waals surface area (Å²) < 4.78 is 5.08. The van der Waals surface area contributed by atoms with Gasteiger partial charge in [-0.3, -0.25) is 19.7 Å². The number of nitrogens with zero attached hydrogens (tertiary/aromatic N) is 3. The van der Waals surface area contributed by atoms with Crippen molar-refractivity contribution in [1.82, 2.24) is 5.32 Å². The number of nitro groups is 1. The van der Waals surface area contributed by atoms with E-state index in [1.807, 2.05) is 0 Å². The van der Waals surface area contributed by atoms with Gasteiger partial charge >= 0.3 is 0 Å². The summed E-state index contributed by atoms with van der Waals surface area (Å²) in [5.74, 6) is -0.184. The molecule has 160 valence electrons. The van der Waals surface area contributed by atoms with E-state index in [-0.39, 0.29) is 33.9 Å². The highest BCUT2D eigenvalue weighted by molar-refractivity contribution is 8.15. The first-order chi connectivity index (χ1) is 14.9. The fraction of sp³-hybridized carbons (Fsp3) is 0.158. The van der Waals surface area contributed by atoms with Crippen LogP contribution in [0.2, 0.25) is 5.02 Å². The predicted octanol–water partition coefficient (Wildman–Crippen LogP) is 3.21. The molecule has 1 unspecified atom stereocenters. The van der Waals surface area contributed by atoms with E-state index in [1.54, 1.807) is 31.4 Å². The number of nitro benzene ring substituents is 1. The van der Waals surface area contributed by atoms with Gasteiger partial charge in [-0.05, 0) is 35.9 Å². The molecule has 1 saturated heterocycles. The fourth-order valence-electron chi connectivity index (χ4n) is 2.52. The van der Waals surface area contributed by atoms with E-state index >= 15 is 0 Å². The van der Waals surface area contributed by atoms with Crippen molar-refractivity contribution in [2.75, 3.05) is 12.4 Å². The van der Waals surface area contributed by atoms with Gasteiger partial charge in [-0.25, -0.2) is 0 Å². The van der Waals surface area contributed by atoms with Crippen molar-refractivity contribution in [3.05, 3.63) is 63.2 Å². The summed E-state index contributed by atoms with van der Waals surface area (Å²) in [6.07, 6.45) is 1.35. The van der Waals surface area contributed by atoms with Crippen LogP contribution in [0.5, 0.6) is 5.75 Å². The first kappa shape index (κ1) is 22.2. The smallest absolute Gasteiger partial charge is 0.271 e. The first-order valence-corrected chi connectivity index (χ1v) is 10.1. The minimum absolute atomic E-state index is 0.0993. The van der Waals surface area contributed by atoms with E-state index in [4.69, 9.17) is 16.3 Å². The van der Waals surface area contributed by atoms with Crippen LogP contribution < -0.4 is 15.4 Å². The average Bonchev–Trinajstić information content (AvgIpc) is 3.08. The molecule has 0 spiro atoms. The van der Waals surface area contributed by atoms with Gasteiger partial charge < -0.3 is 15.4 Å². The molecular formula is C19H16ClN5O5S. The number of hydrogen-bond acceptors (Lipinski definition) is 8. The lowest BCUT2D eigenvalue weighted by Gasteiger charge is -2.08. The van der Waals surface area contributed by atoms with Gasteiger partial charge in [0.25, 0.3) is 5.69 Å². The molecule has 3 rings (SSSR count). The molecule has 2 N–H and O–H groups in total. The Bertz CT molecular complexity index is 1070. The lowest BCUT2D eigenvalue weighted by Crippen LogP contribution is -2.28. The van der Waals surface area contributed by atoms with Crippen molar-refractivity contribution in [2.45, 2.75) is 11.7 Å². The number of amidine groups is 1. The van der Waals surface area contributed by atoms with Gasteiger partial charge in [-0.1, -0.05) is 23.4 Å². The van der Waals surface area contributed by atoms with Crippen molar-refractivity contribution < 1.29 is 19.2 Å². The number of thioether (sulfide) groups is 1. The zero-order valence-electron chi connectivity index (χ0n) is 16.1. The molecule has 0 saturated carbocycles. The van der Waals surface area contributed by atoms with E-state index in [9.17, 15) is 19.7 Å². The molecule has 2 aromatic rings. The standard InChI is InChI=1S/C19H16ClN5O5S/c1-30-13-5-2-11(3-6-13)10-21-24-19-23-18(27)16(31-19)9-17(26)22-15-8-12(25(28)29)4-7-14(15)20/h2-8,10,16H,9H2,1H3,(H,22,26)(H,23,24,27)/b21-10+. The molecule has 0 radical (unpaired) electrons. The summed E-state index contributed by atoms with van der Waals surface area (Å²) in [6, 6.07) is 10.9. The largest absolute Gasteiger partial charge is 0.497 e. The van der Waals surface area contributed by atoms with E-state index < -0.39 is 16.1 Å². The Balaban J connectivity index is 1.58. The molecule has 1 aliphatic heterocycles. The number of halogens is 1. The van der Waals surface area contributed by atoms with E-state index in [2.05, 4.69) is 20.8 Å². The van der Waals surface area contributed by atoms with E-state index in [0.717, 1.165) is 29.1 Å². The van der Waals surface area contributed by atoms with Crippen molar-refractivity contribution in [2.24, 2.45) is 10.2 Å². The number of amides is 2. The Labute approximate surface area is 185 Å². The maximum atomic E-state index is 12.3. The number of carbonyl (C=O) groups excluding carboxylic acids is 2. The van der Waals surface area contributed by atoms with Crippen molar-refractivity contribution in [3.8, 4) is 5.75 Å². The Hall–Kier alpha value is -3.44. The number of ether oxygens (including phenoxy) is 1. The molecule has 1 fully saturated rings. The second kappa shape index (κ2) is 10.0. The van der Waals surface area contributed by atoms with Gasteiger partial charge in [0.2, 0.25) is 11.8 Å². The van der Waals surface area contributed by atoms with Crippen LogP contribution >= 0.6 is 23.4 Å². The summed E-state index contributed by atoms with van der Waals surface area (Å²) in [5, 5.41) is 23.5. The maximum absolute atomic E-state index is 12.3. The summed E-state index contributed by atoms with van der Waals surface area (Å²) in [5.41, 5.74) is 0.684. The van der Waals surface area contributed by atoms with Gasteiger partial charge in [-0.15, -0.1) is 5.10 Å². The highest BCUT2D eigenvalue weighted by Crippen LogP contribution is 2.28. The van der Waals surface area contributed by atoms with E-state index in [1.165, 1.54) is 18.3 Å². The molecule has 1 atom stereocenters. The third-order valence-corrected chi connectivity index (χ3v) is 5.46. The highest BCUT2D eigenvalue weighted by Gasteiger charge is 2.32. The van der Waals surface area contributed by atoms with Crippen molar-refractivity contribution >= 4 is 57.9 Å². The quantitative estimate of drug-likeness (QED) is 0.369. The fourth-order valence-corrected chi connectivity index (χ4v) is 3.61. The zero-order chi connectivity index (χ0) is 22.4. The zero-order valence-corrected chi connectivity index (χ0v) is 17.6. The van der Waals surface area contributed by atoms with Crippen molar-refractivity contribution in [3.63, 3.8) is 0 Å². The van der Waals surface area contributed by atoms with Gasteiger partial charge in [0.15, 0.2) is 5.17 Å². The van der Waals surface area contributed by atoms with Crippen LogP contribution in [0.3, 0.4) is 0 Å². The van der Waals surface area contributed by atoms with Crippen LogP contribution in [0, 0.1) is 10.1 Å². The monoisotopic (exact) mass is 461 g/mol. The third kappa shape index (κ3) is 6.03. The third-order valence-electron chi connectivity index (χ3n) is 4.05. The lowest BCUT2D eigenvalue weighted by molar-refractivity contribution is -0.384.